The Bertz CT molecular complexity index is 314. The van der Waals surface area contributed by atoms with Gasteiger partial charge < -0.3 is 10.1 Å². The maximum absolute atomic E-state index is 11.3. The first-order chi connectivity index (χ1) is 7.47. The lowest BCUT2D eigenvalue weighted by Gasteiger charge is -2.19. The van der Waals surface area contributed by atoms with Gasteiger partial charge >= 0.3 is 6.09 Å². The first-order valence-corrected chi connectivity index (χ1v) is 5.42. The van der Waals surface area contributed by atoms with Gasteiger partial charge in [0.2, 0.25) is 0 Å². The molecule has 0 aliphatic carbocycles. The van der Waals surface area contributed by atoms with Gasteiger partial charge in [-0.05, 0) is 39.7 Å². The molecule has 1 aromatic heterocycles. The number of carbonyl (C=O) groups is 1. The van der Waals surface area contributed by atoms with Crippen LogP contribution in [0.2, 0.25) is 0 Å². The van der Waals surface area contributed by atoms with Crippen LogP contribution in [-0.4, -0.2) is 28.4 Å². The number of rotatable bonds is 4. The van der Waals surface area contributed by atoms with Crippen molar-refractivity contribution in [3.63, 3.8) is 0 Å². The van der Waals surface area contributed by atoms with Crippen molar-refractivity contribution in [1.82, 2.24) is 15.5 Å². The zero-order valence-corrected chi connectivity index (χ0v) is 10.0. The van der Waals surface area contributed by atoms with Crippen LogP contribution in [-0.2, 0) is 11.2 Å². The lowest BCUT2D eigenvalue weighted by atomic mass is 10.2. The fourth-order valence-corrected chi connectivity index (χ4v) is 1.21. The Morgan fingerprint density at radius 3 is 2.88 bits per heavy atom. The third kappa shape index (κ3) is 5.38. The molecule has 1 heterocycles. The van der Waals surface area contributed by atoms with E-state index in [1.807, 2.05) is 26.8 Å². The first kappa shape index (κ1) is 12.5. The SMILES string of the molecule is CC(C)(C)OC(=O)NCCCc1ccn[nH]1. The molecule has 90 valence electrons. The highest BCUT2D eigenvalue weighted by Crippen LogP contribution is 2.06. The molecule has 0 fully saturated rings. The topological polar surface area (TPSA) is 67.0 Å². The summed E-state index contributed by atoms with van der Waals surface area (Å²) in [5.41, 5.74) is 0.638. The summed E-state index contributed by atoms with van der Waals surface area (Å²) < 4.78 is 5.10. The van der Waals surface area contributed by atoms with Crippen molar-refractivity contribution in [1.29, 1.82) is 0 Å². The van der Waals surface area contributed by atoms with Gasteiger partial charge in [-0.25, -0.2) is 4.79 Å². The number of amides is 1. The number of nitrogens with zero attached hydrogens (tertiary/aromatic N) is 1. The molecule has 0 radical (unpaired) electrons. The molecule has 0 aliphatic rings. The monoisotopic (exact) mass is 225 g/mol. The summed E-state index contributed by atoms with van der Waals surface area (Å²) in [4.78, 5) is 11.3. The van der Waals surface area contributed by atoms with E-state index in [1.165, 1.54) is 0 Å². The average molecular weight is 225 g/mol. The Kier molecular flexibility index (Phi) is 4.34. The fourth-order valence-electron chi connectivity index (χ4n) is 1.21. The molecule has 0 bridgehead atoms. The second kappa shape index (κ2) is 5.53. The minimum Gasteiger partial charge on any atom is -0.444 e. The van der Waals surface area contributed by atoms with Crippen molar-refractivity contribution in [2.45, 2.75) is 39.2 Å². The zero-order chi connectivity index (χ0) is 12.0. The Labute approximate surface area is 95.6 Å². The lowest BCUT2D eigenvalue weighted by Crippen LogP contribution is -2.33. The molecule has 0 aromatic carbocycles. The molecule has 1 amide bonds. The molecule has 0 unspecified atom stereocenters. The van der Waals surface area contributed by atoms with Crippen LogP contribution in [0.4, 0.5) is 4.79 Å². The number of aromatic nitrogens is 2. The van der Waals surface area contributed by atoms with Crippen LogP contribution in [0.15, 0.2) is 12.3 Å². The summed E-state index contributed by atoms with van der Waals surface area (Å²) in [7, 11) is 0. The standard InChI is InChI=1S/C11H19N3O2/c1-11(2,3)16-10(15)12-7-4-5-9-6-8-13-14-9/h6,8H,4-5,7H2,1-3H3,(H,12,15)(H,13,14). The molecular weight excluding hydrogens is 206 g/mol. The molecule has 1 rings (SSSR count). The molecule has 0 aliphatic heterocycles. The van der Waals surface area contributed by atoms with Gasteiger partial charge in [0, 0.05) is 18.4 Å². The third-order valence-corrected chi connectivity index (χ3v) is 1.85. The summed E-state index contributed by atoms with van der Waals surface area (Å²) in [5.74, 6) is 0. The van der Waals surface area contributed by atoms with E-state index in [4.69, 9.17) is 4.74 Å². The van der Waals surface area contributed by atoms with E-state index < -0.39 is 5.60 Å². The zero-order valence-electron chi connectivity index (χ0n) is 10.0. The van der Waals surface area contributed by atoms with Gasteiger partial charge in [0.05, 0.1) is 0 Å². The highest BCUT2D eigenvalue weighted by atomic mass is 16.6. The molecule has 0 spiro atoms. The van der Waals surface area contributed by atoms with Gasteiger partial charge in [0.15, 0.2) is 0 Å². The van der Waals surface area contributed by atoms with Crippen molar-refractivity contribution in [3.05, 3.63) is 18.0 Å². The average Bonchev–Trinajstić information content (AvgIpc) is 2.62. The van der Waals surface area contributed by atoms with Crippen molar-refractivity contribution >= 4 is 6.09 Å². The van der Waals surface area contributed by atoms with Crippen LogP contribution in [0.5, 0.6) is 0 Å². The third-order valence-electron chi connectivity index (χ3n) is 1.85. The van der Waals surface area contributed by atoms with E-state index >= 15 is 0 Å². The molecule has 5 heteroatoms. The van der Waals surface area contributed by atoms with E-state index in [-0.39, 0.29) is 6.09 Å². The van der Waals surface area contributed by atoms with Crippen molar-refractivity contribution in [2.75, 3.05) is 6.54 Å². The summed E-state index contributed by atoms with van der Waals surface area (Å²) in [5, 5.41) is 9.42. The van der Waals surface area contributed by atoms with Crippen LogP contribution in [0.1, 0.15) is 32.9 Å². The summed E-state index contributed by atoms with van der Waals surface area (Å²) in [6.45, 7) is 6.14. The molecule has 0 saturated heterocycles. The quantitative estimate of drug-likeness (QED) is 0.769. The van der Waals surface area contributed by atoms with Crippen molar-refractivity contribution < 1.29 is 9.53 Å². The van der Waals surface area contributed by atoms with Gasteiger partial charge in [-0.15, -0.1) is 0 Å². The predicted molar refractivity (Wildman–Crippen MR) is 61.1 cm³/mol. The van der Waals surface area contributed by atoms with Crippen LogP contribution < -0.4 is 5.32 Å². The number of nitrogens with one attached hydrogen (secondary N) is 2. The van der Waals surface area contributed by atoms with Crippen LogP contribution >= 0.6 is 0 Å². The molecule has 16 heavy (non-hydrogen) atoms. The number of hydrogen-bond acceptors (Lipinski definition) is 3. The number of ether oxygens (including phenoxy) is 1. The molecule has 5 nitrogen and oxygen atoms in total. The van der Waals surface area contributed by atoms with Gasteiger partial charge in [-0.1, -0.05) is 0 Å². The van der Waals surface area contributed by atoms with Gasteiger partial charge in [0.1, 0.15) is 5.60 Å². The Morgan fingerprint density at radius 1 is 1.56 bits per heavy atom. The maximum Gasteiger partial charge on any atom is 0.407 e. The molecule has 2 N–H and O–H groups in total. The molecule has 0 atom stereocenters. The van der Waals surface area contributed by atoms with Gasteiger partial charge in [-0.2, -0.15) is 5.10 Å². The summed E-state index contributed by atoms with van der Waals surface area (Å²) in [6.07, 6.45) is 3.09. The van der Waals surface area contributed by atoms with E-state index in [9.17, 15) is 4.79 Å². The molecule has 1 aromatic rings. The minimum absolute atomic E-state index is 0.364. The number of aryl methyl sites for hydroxylation is 1. The van der Waals surface area contributed by atoms with E-state index in [1.54, 1.807) is 6.20 Å². The number of hydrogen-bond donors (Lipinski definition) is 2. The molecular formula is C11H19N3O2. The van der Waals surface area contributed by atoms with Crippen LogP contribution in [0.3, 0.4) is 0 Å². The maximum atomic E-state index is 11.3. The summed E-state index contributed by atoms with van der Waals surface area (Å²) >= 11 is 0. The van der Waals surface area contributed by atoms with Crippen molar-refractivity contribution in [3.8, 4) is 0 Å². The van der Waals surface area contributed by atoms with E-state index in [2.05, 4.69) is 15.5 Å². The Hall–Kier alpha value is -1.52. The number of carbonyl (C=O) groups excluding carboxylic acids is 1. The largest absolute Gasteiger partial charge is 0.444 e. The number of aromatic amines is 1. The number of alkyl carbamates (subject to hydrolysis) is 1. The van der Waals surface area contributed by atoms with Gasteiger partial charge in [0.25, 0.3) is 0 Å². The Morgan fingerprint density at radius 2 is 2.31 bits per heavy atom. The first-order valence-electron chi connectivity index (χ1n) is 5.42. The molecule has 0 saturated carbocycles. The van der Waals surface area contributed by atoms with Gasteiger partial charge in [-0.3, -0.25) is 5.10 Å². The smallest absolute Gasteiger partial charge is 0.407 e. The van der Waals surface area contributed by atoms with E-state index in [0.29, 0.717) is 6.54 Å². The number of H-pyrrole nitrogens is 1. The second-order valence-electron chi connectivity index (χ2n) is 4.61. The highest BCUT2D eigenvalue weighted by molar-refractivity contribution is 5.67. The predicted octanol–water partition coefficient (Wildman–Crippen LogP) is 1.87. The second-order valence-corrected chi connectivity index (χ2v) is 4.61. The normalized spacial score (nSPS) is 11.2. The lowest BCUT2D eigenvalue weighted by molar-refractivity contribution is 0.0527. The van der Waals surface area contributed by atoms with Crippen molar-refractivity contribution in [2.24, 2.45) is 0 Å². The minimum atomic E-state index is -0.437. The Balaban J connectivity index is 2.09. The van der Waals surface area contributed by atoms with E-state index in [0.717, 1.165) is 18.5 Å². The summed E-state index contributed by atoms with van der Waals surface area (Å²) in [6, 6.07) is 1.92. The highest BCUT2D eigenvalue weighted by Gasteiger charge is 2.15. The van der Waals surface area contributed by atoms with Crippen LogP contribution in [0, 0.1) is 0 Å². The van der Waals surface area contributed by atoms with Crippen LogP contribution in [0.25, 0.3) is 0 Å². The fraction of sp³-hybridized carbons (Fsp3) is 0.636.